The van der Waals surface area contributed by atoms with Gasteiger partial charge in [0.15, 0.2) is 10.9 Å². The number of aromatic nitrogens is 1. The number of aliphatic hydroxyl groups is 1. The molecule has 0 radical (unpaired) electrons. The highest BCUT2D eigenvalue weighted by atomic mass is 32.1. The Hall–Kier alpha value is -3.89. The Morgan fingerprint density at radius 3 is 2.46 bits per heavy atom. The van der Waals surface area contributed by atoms with Crippen LogP contribution in [0.2, 0.25) is 0 Å². The van der Waals surface area contributed by atoms with Gasteiger partial charge in [-0.15, -0.1) is 11.3 Å². The second kappa shape index (κ2) is 9.05. The summed E-state index contributed by atoms with van der Waals surface area (Å²) < 4.78 is 17.1. The molecule has 2 aromatic heterocycles. The minimum absolute atomic E-state index is 0.0409. The number of nitrogens with zero attached hydrogens (tertiary/aromatic N) is 2. The van der Waals surface area contributed by atoms with Crippen molar-refractivity contribution >= 4 is 49.7 Å². The van der Waals surface area contributed by atoms with Crippen molar-refractivity contribution in [2.24, 2.45) is 0 Å². The Labute approximate surface area is 208 Å². The van der Waals surface area contributed by atoms with Gasteiger partial charge in [-0.1, -0.05) is 17.4 Å². The predicted octanol–water partition coefficient (Wildman–Crippen LogP) is 5.17. The molecule has 0 unspecified atom stereocenters. The fraction of sp³-hybridized carbons (Fsp3) is 0.160. The molecule has 178 valence electrons. The number of carbonyl (C=O) groups excluding carboxylic acids is 2. The van der Waals surface area contributed by atoms with Crippen molar-refractivity contribution in [3.8, 4) is 17.2 Å². The van der Waals surface area contributed by atoms with E-state index in [4.69, 9.17) is 14.2 Å². The molecule has 0 saturated heterocycles. The number of benzene rings is 2. The third-order valence-electron chi connectivity index (χ3n) is 5.72. The van der Waals surface area contributed by atoms with Crippen LogP contribution in [0.1, 0.15) is 21.3 Å². The summed E-state index contributed by atoms with van der Waals surface area (Å²) in [5, 5.41) is 13.1. The molecular weight excluding hydrogens is 488 g/mol. The molecule has 1 atom stereocenters. The number of fused-ring (bicyclic) bond motifs is 1. The predicted molar refractivity (Wildman–Crippen MR) is 134 cm³/mol. The molecule has 1 amide bonds. The molecule has 4 aromatic rings. The Morgan fingerprint density at radius 1 is 1.03 bits per heavy atom. The van der Waals surface area contributed by atoms with Crippen LogP contribution in [0.3, 0.4) is 0 Å². The van der Waals surface area contributed by atoms with Gasteiger partial charge in [0, 0.05) is 5.56 Å². The van der Waals surface area contributed by atoms with Gasteiger partial charge in [-0.3, -0.25) is 14.5 Å². The van der Waals surface area contributed by atoms with Crippen LogP contribution in [0.4, 0.5) is 5.13 Å². The van der Waals surface area contributed by atoms with E-state index in [0.717, 1.165) is 4.70 Å². The zero-order valence-corrected chi connectivity index (χ0v) is 20.6. The van der Waals surface area contributed by atoms with Gasteiger partial charge in [-0.25, -0.2) is 4.98 Å². The SMILES string of the molecule is COc1ccc(OC)c([C@@H]2C(C(=O)c3cccs3)=C(O)C(=O)N2c2nc3ccc(OC)cc3s2)c1. The topological polar surface area (TPSA) is 98.2 Å². The average Bonchev–Trinajstić information content (AvgIpc) is 3.61. The molecule has 0 bridgehead atoms. The van der Waals surface area contributed by atoms with E-state index >= 15 is 0 Å². The molecule has 8 nitrogen and oxygen atoms in total. The van der Waals surface area contributed by atoms with Crippen molar-refractivity contribution in [1.29, 1.82) is 0 Å². The number of carbonyl (C=O) groups is 2. The van der Waals surface area contributed by atoms with E-state index in [-0.39, 0.29) is 5.57 Å². The lowest BCUT2D eigenvalue weighted by Crippen LogP contribution is -2.31. The molecule has 3 heterocycles. The molecule has 1 aliphatic rings. The largest absolute Gasteiger partial charge is 0.503 e. The zero-order chi connectivity index (χ0) is 24.7. The van der Waals surface area contributed by atoms with E-state index in [0.29, 0.717) is 38.3 Å². The lowest BCUT2D eigenvalue weighted by Gasteiger charge is -2.26. The van der Waals surface area contributed by atoms with Crippen LogP contribution < -0.4 is 19.1 Å². The van der Waals surface area contributed by atoms with Gasteiger partial charge < -0.3 is 19.3 Å². The van der Waals surface area contributed by atoms with Crippen LogP contribution in [0.25, 0.3) is 10.2 Å². The molecular formula is C25H20N2O6S2. The molecule has 5 rings (SSSR count). The summed E-state index contributed by atoms with van der Waals surface area (Å²) in [6.07, 6.45) is 0. The number of hydrogen-bond acceptors (Lipinski definition) is 9. The van der Waals surface area contributed by atoms with Gasteiger partial charge in [-0.2, -0.15) is 0 Å². The number of aliphatic hydroxyl groups excluding tert-OH is 1. The maximum atomic E-state index is 13.5. The number of Topliss-reactive ketones (excluding diaryl/α,β-unsaturated/α-hetero) is 1. The first kappa shape index (κ1) is 22.9. The van der Waals surface area contributed by atoms with Crippen molar-refractivity contribution < 1.29 is 28.9 Å². The highest BCUT2D eigenvalue weighted by Crippen LogP contribution is 2.47. The quantitative estimate of drug-likeness (QED) is 0.344. The number of ether oxygens (including phenoxy) is 3. The van der Waals surface area contributed by atoms with E-state index in [9.17, 15) is 14.7 Å². The summed E-state index contributed by atoms with van der Waals surface area (Å²) >= 11 is 2.49. The number of hydrogen-bond donors (Lipinski definition) is 1. The number of methoxy groups -OCH3 is 3. The van der Waals surface area contributed by atoms with Gasteiger partial charge in [0.25, 0.3) is 5.91 Å². The summed E-state index contributed by atoms with van der Waals surface area (Å²) in [5.74, 6) is -0.174. The lowest BCUT2D eigenvalue weighted by molar-refractivity contribution is -0.117. The first-order valence-electron chi connectivity index (χ1n) is 10.5. The van der Waals surface area contributed by atoms with Crippen molar-refractivity contribution in [2.75, 3.05) is 26.2 Å². The first-order valence-corrected chi connectivity index (χ1v) is 12.2. The zero-order valence-electron chi connectivity index (χ0n) is 19.0. The van der Waals surface area contributed by atoms with Gasteiger partial charge >= 0.3 is 0 Å². The number of anilines is 1. The highest BCUT2D eigenvalue weighted by Gasteiger charge is 2.47. The third-order valence-corrected chi connectivity index (χ3v) is 7.61. The summed E-state index contributed by atoms with van der Waals surface area (Å²) in [6, 6.07) is 12.9. The van der Waals surface area contributed by atoms with Crippen LogP contribution >= 0.6 is 22.7 Å². The second-order valence-corrected chi connectivity index (χ2v) is 9.54. The Balaban J connectivity index is 1.73. The summed E-state index contributed by atoms with van der Waals surface area (Å²) in [6.45, 7) is 0. The van der Waals surface area contributed by atoms with Crippen LogP contribution in [0, 0.1) is 0 Å². The molecule has 10 heteroatoms. The van der Waals surface area contributed by atoms with Crippen LogP contribution in [-0.2, 0) is 4.79 Å². The molecule has 0 fully saturated rings. The van der Waals surface area contributed by atoms with Crippen molar-refractivity contribution in [1.82, 2.24) is 4.98 Å². The van der Waals surface area contributed by atoms with E-state index in [1.54, 1.807) is 55.0 Å². The second-order valence-electron chi connectivity index (χ2n) is 7.58. The smallest absolute Gasteiger partial charge is 0.296 e. The third kappa shape index (κ3) is 3.80. The van der Waals surface area contributed by atoms with Gasteiger partial charge in [0.1, 0.15) is 23.3 Å². The number of thiazole rings is 1. The van der Waals surface area contributed by atoms with E-state index in [1.165, 1.54) is 41.8 Å². The number of ketones is 1. The van der Waals surface area contributed by atoms with Gasteiger partial charge in [-0.05, 0) is 47.8 Å². The van der Waals surface area contributed by atoms with E-state index < -0.39 is 23.5 Å². The average molecular weight is 509 g/mol. The normalized spacial score (nSPS) is 15.7. The van der Waals surface area contributed by atoms with Crippen LogP contribution in [0.15, 0.2) is 65.2 Å². The molecule has 2 aromatic carbocycles. The molecule has 0 aliphatic carbocycles. The molecule has 0 spiro atoms. The van der Waals surface area contributed by atoms with Crippen molar-refractivity contribution in [2.45, 2.75) is 6.04 Å². The standard InChI is InChI=1S/C25H20N2O6S2/c1-31-13-7-9-17(33-3)15(11-13)21-20(22(28)18-5-4-10-34-18)23(29)24(30)27(21)25-26-16-8-6-14(32-2)12-19(16)35-25/h4-12,21,29H,1-3H3/t21-/m1/s1. The first-order chi connectivity index (χ1) is 17.0. The fourth-order valence-corrected chi connectivity index (χ4v) is 5.74. The maximum Gasteiger partial charge on any atom is 0.296 e. The minimum atomic E-state index is -0.982. The number of rotatable bonds is 7. The fourth-order valence-electron chi connectivity index (χ4n) is 4.05. The Morgan fingerprint density at radius 2 is 1.77 bits per heavy atom. The molecule has 35 heavy (non-hydrogen) atoms. The Bertz CT molecular complexity index is 1470. The Kier molecular flexibility index (Phi) is 5.91. The summed E-state index contributed by atoms with van der Waals surface area (Å²) in [5.41, 5.74) is 1.11. The van der Waals surface area contributed by atoms with Gasteiger partial charge in [0.2, 0.25) is 5.78 Å². The summed E-state index contributed by atoms with van der Waals surface area (Å²) in [7, 11) is 4.60. The molecule has 0 saturated carbocycles. The van der Waals surface area contributed by atoms with E-state index in [1.807, 2.05) is 6.07 Å². The molecule has 1 N–H and O–H groups in total. The maximum absolute atomic E-state index is 13.5. The van der Waals surface area contributed by atoms with E-state index in [2.05, 4.69) is 4.98 Å². The monoisotopic (exact) mass is 508 g/mol. The van der Waals surface area contributed by atoms with Crippen LogP contribution in [0.5, 0.6) is 17.2 Å². The van der Waals surface area contributed by atoms with Gasteiger partial charge in [0.05, 0.1) is 42.0 Å². The highest BCUT2D eigenvalue weighted by molar-refractivity contribution is 7.22. The number of amides is 1. The number of thiophene rings is 1. The van der Waals surface area contributed by atoms with Crippen LogP contribution in [-0.4, -0.2) is 43.1 Å². The lowest BCUT2D eigenvalue weighted by atomic mass is 9.94. The minimum Gasteiger partial charge on any atom is -0.503 e. The van der Waals surface area contributed by atoms with Crippen molar-refractivity contribution in [3.63, 3.8) is 0 Å². The molecule has 1 aliphatic heterocycles. The summed E-state index contributed by atoms with van der Waals surface area (Å²) in [4.78, 5) is 33.4. The van der Waals surface area contributed by atoms with Crippen molar-refractivity contribution in [3.05, 3.63) is 75.7 Å².